The lowest BCUT2D eigenvalue weighted by atomic mass is 9.62. The van der Waals surface area contributed by atoms with Crippen LogP contribution in [0.2, 0.25) is 0 Å². The minimum Gasteiger partial charge on any atom is -0.504 e. The molecule has 0 heterocycles. The van der Waals surface area contributed by atoms with Gasteiger partial charge in [0.2, 0.25) is 0 Å². The minimum absolute atomic E-state index is 0.0336. The fourth-order valence-electron chi connectivity index (χ4n) is 3.80. The maximum atomic E-state index is 13.0. The average molecular weight is 403 g/mol. The van der Waals surface area contributed by atoms with Crippen LogP contribution in [0.25, 0.3) is 0 Å². The Labute approximate surface area is 155 Å². The quantitative estimate of drug-likeness (QED) is 0.779. The Morgan fingerprint density at radius 2 is 2.12 bits per heavy atom. The number of rotatable bonds is 3. The number of halogens is 1. The molecule has 25 heavy (non-hydrogen) atoms. The zero-order chi connectivity index (χ0) is 18.4. The molecular formula is C20H19BrO4. The van der Waals surface area contributed by atoms with Gasteiger partial charge in [-0.15, -0.1) is 0 Å². The summed E-state index contributed by atoms with van der Waals surface area (Å²) in [5.41, 5.74) is 1.79. The number of Topliss-reactive ketones (excluding diaryl/α,β-unsaturated/α-hetero) is 1. The van der Waals surface area contributed by atoms with E-state index < -0.39 is 16.2 Å². The van der Waals surface area contributed by atoms with Crippen LogP contribution in [-0.2, 0) is 9.59 Å². The number of phenolic OH excluding ortho intramolecular Hbond substituents is 1. The van der Waals surface area contributed by atoms with Crippen molar-refractivity contribution >= 4 is 27.5 Å². The van der Waals surface area contributed by atoms with E-state index >= 15 is 0 Å². The van der Waals surface area contributed by atoms with E-state index in [0.717, 1.165) is 5.57 Å². The largest absolute Gasteiger partial charge is 0.504 e. The van der Waals surface area contributed by atoms with Gasteiger partial charge >= 0.3 is 0 Å². The first-order valence-electron chi connectivity index (χ1n) is 8.00. The molecular weight excluding hydrogens is 384 g/mol. The third-order valence-electron chi connectivity index (χ3n) is 5.08. The SMILES string of the molecule is C=CC1=CC[C@H]2C(=O)C(C)=CC(=O)[C@@]2(Br)[C@H]1c1cccc(OC)c1O. The molecule has 1 aromatic rings. The van der Waals surface area contributed by atoms with Crippen LogP contribution in [0.15, 0.2) is 54.2 Å². The molecule has 4 nitrogen and oxygen atoms in total. The standard InChI is InChI=1S/C20H19BrO4/c1-4-12-8-9-14-18(23)11(2)10-16(22)20(14,21)17(12)13-6-5-7-15(25-3)19(13)24/h4-8,10,14,17,24H,1,9H2,2-3H3/t14-,17+,20+/m0/s1. The van der Waals surface area contributed by atoms with Crippen molar-refractivity contribution in [1.82, 2.24) is 0 Å². The van der Waals surface area contributed by atoms with Crippen molar-refractivity contribution in [2.24, 2.45) is 5.92 Å². The molecule has 2 aliphatic carbocycles. The molecule has 0 spiro atoms. The van der Waals surface area contributed by atoms with Crippen molar-refractivity contribution in [2.45, 2.75) is 23.6 Å². The van der Waals surface area contributed by atoms with E-state index in [1.807, 2.05) is 6.08 Å². The maximum absolute atomic E-state index is 13.0. The first kappa shape index (κ1) is 17.7. The van der Waals surface area contributed by atoms with E-state index in [4.69, 9.17) is 4.74 Å². The number of ketones is 2. The summed E-state index contributed by atoms with van der Waals surface area (Å²) < 4.78 is 4.06. The lowest BCUT2D eigenvalue weighted by Gasteiger charge is -2.45. The predicted octanol–water partition coefficient (Wildman–Crippen LogP) is 3.85. The van der Waals surface area contributed by atoms with Crippen LogP contribution in [0, 0.1) is 5.92 Å². The topological polar surface area (TPSA) is 63.6 Å². The number of ether oxygens (including phenoxy) is 1. The number of alkyl halides is 1. The first-order valence-corrected chi connectivity index (χ1v) is 8.79. The average Bonchev–Trinajstić information content (AvgIpc) is 2.60. The minimum atomic E-state index is -1.15. The van der Waals surface area contributed by atoms with Crippen molar-refractivity contribution in [3.05, 3.63) is 59.7 Å². The molecule has 0 aromatic heterocycles. The summed E-state index contributed by atoms with van der Waals surface area (Å²) in [4.78, 5) is 25.7. The summed E-state index contributed by atoms with van der Waals surface area (Å²) >= 11 is 3.62. The van der Waals surface area contributed by atoms with Gasteiger partial charge in [0.25, 0.3) is 0 Å². The number of fused-ring (bicyclic) bond motifs is 1. The molecule has 0 unspecified atom stereocenters. The zero-order valence-electron chi connectivity index (χ0n) is 14.1. The second-order valence-corrected chi connectivity index (χ2v) is 7.66. The molecule has 1 aromatic carbocycles. The van der Waals surface area contributed by atoms with Gasteiger partial charge in [0.1, 0.15) is 4.32 Å². The van der Waals surface area contributed by atoms with E-state index in [2.05, 4.69) is 22.5 Å². The highest BCUT2D eigenvalue weighted by molar-refractivity contribution is 9.10. The molecule has 1 N–H and O–H groups in total. The van der Waals surface area contributed by atoms with Gasteiger partial charge < -0.3 is 9.84 Å². The highest BCUT2D eigenvalue weighted by Crippen LogP contribution is 2.56. The Kier molecular flexibility index (Phi) is 4.45. The third-order valence-corrected chi connectivity index (χ3v) is 6.48. The number of benzene rings is 1. The predicted molar refractivity (Wildman–Crippen MR) is 99.2 cm³/mol. The Hall–Kier alpha value is -2.14. The molecule has 0 radical (unpaired) electrons. The number of hydrogen-bond donors (Lipinski definition) is 1. The van der Waals surface area contributed by atoms with Gasteiger partial charge in [-0.1, -0.05) is 46.8 Å². The summed E-state index contributed by atoms with van der Waals surface area (Å²) in [5, 5.41) is 10.6. The van der Waals surface area contributed by atoms with Gasteiger partial charge in [-0.2, -0.15) is 0 Å². The van der Waals surface area contributed by atoms with E-state index in [0.29, 0.717) is 23.3 Å². The summed E-state index contributed by atoms with van der Waals surface area (Å²) in [7, 11) is 1.47. The molecule has 0 saturated heterocycles. The molecule has 2 aliphatic rings. The highest BCUT2D eigenvalue weighted by Gasteiger charge is 2.57. The van der Waals surface area contributed by atoms with Gasteiger partial charge in [-0.3, -0.25) is 9.59 Å². The van der Waals surface area contributed by atoms with Gasteiger partial charge in [0.15, 0.2) is 23.1 Å². The molecule has 3 atom stereocenters. The number of para-hydroxylation sites is 1. The highest BCUT2D eigenvalue weighted by atomic mass is 79.9. The van der Waals surface area contributed by atoms with Crippen molar-refractivity contribution in [1.29, 1.82) is 0 Å². The Morgan fingerprint density at radius 3 is 2.76 bits per heavy atom. The third kappa shape index (κ3) is 2.49. The van der Waals surface area contributed by atoms with Gasteiger partial charge in [-0.25, -0.2) is 0 Å². The summed E-state index contributed by atoms with van der Waals surface area (Å²) in [5.74, 6) is -1.00. The van der Waals surface area contributed by atoms with E-state index in [1.165, 1.54) is 13.2 Å². The van der Waals surface area contributed by atoms with Crippen LogP contribution < -0.4 is 4.74 Å². The van der Waals surface area contributed by atoms with Crippen LogP contribution in [0.1, 0.15) is 24.8 Å². The van der Waals surface area contributed by atoms with Crippen LogP contribution in [0.5, 0.6) is 11.5 Å². The van der Waals surface area contributed by atoms with Crippen LogP contribution in [0.3, 0.4) is 0 Å². The van der Waals surface area contributed by atoms with Crippen LogP contribution >= 0.6 is 15.9 Å². The summed E-state index contributed by atoms with van der Waals surface area (Å²) in [6, 6.07) is 5.15. The van der Waals surface area contributed by atoms with Crippen molar-refractivity contribution in [2.75, 3.05) is 7.11 Å². The Bertz CT molecular complexity index is 836. The van der Waals surface area contributed by atoms with Crippen LogP contribution in [-0.4, -0.2) is 28.1 Å². The molecule has 5 heteroatoms. The van der Waals surface area contributed by atoms with Crippen LogP contribution in [0.4, 0.5) is 0 Å². The number of carbonyl (C=O) groups excluding carboxylic acids is 2. The number of allylic oxidation sites excluding steroid dienone is 5. The zero-order valence-corrected chi connectivity index (χ0v) is 15.7. The Morgan fingerprint density at radius 1 is 1.40 bits per heavy atom. The second-order valence-electron chi connectivity index (χ2n) is 6.35. The molecule has 0 fully saturated rings. The van der Waals surface area contributed by atoms with Crippen molar-refractivity contribution in [3.8, 4) is 11.5 Å². The first-order chi connectivity index (χ1) is 11.9. The van der Waals surface area contributed by atoms with Crippen molar-refractivity contribution in [3.63, 3.8) is 0 Å². The summed E-state index contributed by atoms with van der Waals surface area (Å²) in [6.07, 6.45) is 5.43. The van der Waals surface area contributed by atoms with E-state index in [-0.39, 0.29) is 17.3 Å². The number of phenols is 1. The maximum Gasteiger partial charge on any atom is 0.174 e. The lowest BCUT2D eigenvalue weighted by molar-refractivity contribution is -0.128. The lowest BCUT2D eigenvalue weighted by Crippen LogP contribution is -2.52. The van der Waals surface area contributed by atoms with Gasteiger partial charge in [0, 0.05) is 17.4 Å². The molecule has 130 valence electrons. The fourth-order valence-corrected chi connectivity index (χ4v) is 4.82. The van der Waals surface area contributed by atoms with E-state index in [1.54, 1.807) is 31.2 Å². The van der Waals surface area contributed by atoms with E-state index in [9.17, 15) is 14.7 Å². The van der Waals surface area contributed by atoms with Gasteiger partial charge in [0.05, 0.1) is 7.11 Å². The summed E-state index contributed by atoms with van der Waals surface area (Å²) in [6.45, 7) is 5.51. The molecule has 0 bridgehead atoms. The second kappa shape index (κ2) is 6.30. The number of aromatic hydroxyl groups is 1. The number of carbonyl (C=O) groups is 2. The Balaban J connectivity index is 2.27. The molecule has 0 saturated carbocycles. The number of methoxy groups -OCH3 is 1. The molecule has 0 aliphatic heterocycles. The fraction of sp³-hybridized carbons (Fsp3) is 0.300. The number of hydrogen-bond acceptors (Lipinski definition) is 4. The normalized spacial score (nSPS) is 28.8. The molecule has 3 rings (SSSR count). The smallest absolute Gasteiger partial charge is 0.174 e. The monoisotopic (exact) mass is 402 g/mol. The van der Waals surface area contributed by atoms with Gasteiger partial charge in [-0.05, 0) is 36.6 Å². The van der Waals surface area contributed by atoms with Crippen molar-refractivity contribution < 1.29 is 19.4 Å². The molecule has 0 amide bonds.